The molecule has 0 saturated heterocycles. The van der Waals surface area contributed by atoms with E-state index >= 15 is 0 Å². The number of anilines is 1. The zero-order valence-electron chi connectivity index (χ0n) is 10.4. The summed E-state index contributed by atoms with van der Waals surface area (Å²) in [5.41, 5.74) is 2.07. The molecule has 0 fully saturated rings. The Balaban J connectivity index is 2.25. The Morgan fingerprint density at radius 2 is 2.00 bits per heavy atom. The van der Waals surface area contributed by atoms with Gasteiger partial charge in [-0.15, -0.1) is 0 Å². The number of aryl methyl sites for hydroxylation is 1. The third-order valence-corrected chi connectivity index (χ3v) is 2.68. The number of aromatic hydroxyl groups is 1. The second-order valence-electron chi connectivity index (χ2n) is 4.22. The standard InChI is InChI=1S/C15H13NO3/c1-10-5-6-14(18)13(7-10)15(19)16-12-4-2-3-11(8-12)9-17/h2-9,18H,1H3,(H,16,19). The van der Waals surface area contributed by atoms with Crippen molar-refractivity contribution >= 4 is 17.9 Å². The molecule has 0 unspecified atom stereocenters. The quantitative estimate of drug-likeness (QED) is 0.829. The number of rotatable bonds is 3. The number of carbonyl (C=O) groups is 2. The van der Waals surface area contributed by atoms with E-state index in [9.17, 15) is 14.7 Å². The van der Waals surface area contributed by atoms with Crippen LogP contribution in [0.2, 0.25) is 0 Å². The van der Waals surface area contributed by atoms with Gasteiger partial charge in [0.2, 0.25) is 0 Å². The van der Waals surface area contributed by atoms with Crippen molar-refractivity contribution in [2.24, 2.45) is 0 Å². The first-order valence-electron chi connectivity index (χ1n) is 5.76. The molecule has 2 rings (SSSR count). The van der Waals surface area contributed by atoms with Crippen LogP contribution >= 0.6 is 0 Å². The molecule has 0 radical (unpaired) electrons. The molecule has 0 saturated carbocycles. The molecule has 0 bridgehead atoms. The minimum absolute atomic E-state index is 0.0744. The summed E-state index contributed by atoms with van der Waals surface area (Å²) in [6, 6.07) is 11.4. The van der Waals surface area contributed by atoms with E-state index in [1.165, 1.54) is 6.07 Å². The Kier molecular flexibility index (Phi) is 3.61. The average Bonchev–Trinajstić information content (AvgIpc) is 2.41. The van der Waals surface area contributed by atoms with Crippen molar-refractivity contribution in [1.29, 1.82) is 0 Å². The first-order chi connectivity index (χ1) is 9.10. The smallest absolute Gasteiger partial charge is 0.259 e. The molecule has 2 aromatic carbocycles. The summed E-state index contributed by atoms with van der Waals surface area (Å²) in [4.78, 5) is 22.7. The second kappa shape index (κ2) is 5.35. The number of hydrogen-bond acceptors (Lipinski definition) is 3. The fraction of sp³-hybridized carbons (Fsp3) is 0.0667. The number of nitrogens with one attached hydrogen (secondary N) is 1. The molecule has 0 aliphatic rings. The molecular formula is C15H13NO3. The summed E-state index contributed by atoms with van der Waals surface area (Å²) < 4.78 is 0. The molecule has 4 nitrogen and oxygen atoms in total. The normalized spacial score (nSPS) is 9.95. The van der Waals surface area contributed by atoms with Crippen LogP contribution in [-0.4, -0.2) is 17.3 Å². The van der Waals surface area contributed by atoms with Crippen LogP contribution in [0.3, 0.4) is 0 Å². The third kappa shape index (κ3) is 2.98. The molecule has 2 aromatic rings. The van der Waals surface area contributed by atoms with Gasteiger partial charge in [-0.2, -0.15) is 0 Å². The van der Waals surface area contributed by atoms with Gasteiger partial charge < -0.3 is 10.4 Å². The van der Waals surface area contributed by atoms with Crippen LogP contribution < -0.4 is 5.32 Å². The molecule has 1 amide bonds. The largest absolute Gasteiger partial charge is 0.507 e. The topological polar surface area (TPSA) is 66.4 Å². The maximum absolute atomic E-state index is 12.0. The molecular weight excluding hydrogens is 242 g/mol. The van der Waals surface area contributed by atoms with Crippen molar-refractivity contribution in [3.05, 3.63) is 59.2 Å². The molecule has 0 spiro atoms. The molecule has 0 aliphatic carbocycles. The minimum atomic E-state index is -0.413. The van der Waals surface area contributed by atoms with Gasteiger partial charge in [0, 0.05) is 11.3 Å². The first kappa shape index (κ1) is 12.8. The Hall–Kier alpha value is -2.62. The van der Waals surface area contributed by atoms with Crippen LogP contribution in [0.5, 0.6) is 5.75 Å². The van der Waals surface area contributed by atoms with Gasteiger partial charge in [0.15, 0.2) is 0 Å². The lowest BCUT2D eigenvalue weighted by molar-refractivity contribution is 0.102. The highest BCUT2D eigenvalue weighted by molar-refractivity contribution is 6.06. The lowest BCUT2D eigenvalue weighted by Gasteiger charge is -2.08. The van der Waals surface area contributed by atoms with Gasteiger partial charge in [-0.3, -0.25) is 9.59 Å². The number of phenols is 1. The maximum Gasteiger partial charge on any atom is 0.259 e. The highest BCUT2D eigenvalue weighted by Gasteiger charge is 2.11. The summed E-state index contributed by atoms with van der Waals surface area (Å²) in [5, 5.41) is 12.3. The van der Waals surface area contributed by atoms with Crippen molar-refractivity contribution in [3.8, 4) is 5.75 Å². The molecule has 0 aromatic heterocycles. The van der Waals surface area contributed by atoms with Crippen LogP contribution in [0.25, 0.3) is 0 Å². The Morgan fingerprint density at radius 3 is 2.74 bits per heavy atom. The molecule has 2 N–H and O–H groups in total. The van der Waals surface area contributed by atoms with E-state index in [2.05, 4.69) is 5.32 Å². The first-order valence-corrected chi connectivity index (χ1v) is 5.76. The predicted octanol–water partition coefficient (Wildman–Crippen LogP) is 2.77. The molecule has 19 heavy (non-hydrogen) atoms. The molecule has 0 heterocycles. The molecule has 4 heteroatoms. The summed E-state index contributed by atoms with van der Waals surface area (Å²) >= 11 is 0. The van der Waals surface area contributed by atoms with E-state index in [-0.39, 0.29) is 11.3 Å². The van der Waals surface area contributed by atoms with Crippen molar-refractivity contribution in [1.82, 2.24) is 0 Å². The number of phenolic OH excluding ortho intramolecular Hbond substituents is 1. The Labute approximate surface area is 110 Å². The SMILES string of the molecule is Cc1ccc(O)c(C(=O)Nc2cccc(C=O)c2)c1. The summed E-state index contributed by atoms with van der Waals surface area (Å²) in [6.07, 6.45) is 0.708. The van der Waals surface area contributed by atoms with Crippen molar-refractivity contribution in [2.45, 2.75) is 6.92 Å². The number of carbonyl (C=O) groups excluding carboxylic acids is 2. The van der Waals surface area contributed by atoms with Crippen molar-refractivity contribution in [2.75, 3.05) is 5.32 Å². The average molecular weight is 255 g/mol. The highest BCUT2D eigenvalue weighted by atomic mass is 16.3. The van der Waals surface area contributed by atoms with E-state index in [4.69, 9.17) is 0 Å². The number of aldehydes is 1. The van der Waals surface area contributed by atoms with Gasteiger partial charge in [0.25, 0.3) is 5.91 Å². The monoisotopic (exact) mass is 255 g/mol. The van der Waals surface area contributed by atoms with Gasteiger partial charge in [-0.05, 0) is 31.2 Å². The van der Waals surface area contributed by atoms with E-state index in [0.29, 0.717) is 17.5 Å². The molecule has 0 aliphatic heterocycles. The van der Waals surface area contributed by atoms with E-state index in [1.807, 2.05) is 6.92 Å². The fourth-order valence-electron chi connectivity index (χ4n) is 1.72. The number of amides is 1. The maximum atomic E-state index is 12.0. The minimum Gasteiger partial charge on any atom is -0.507 e. The zero-order chi connectivity index (χ0) is 13.8. The van der Waals surface area contributed by atoms with Crippen LogP contribution in [0.15, 0.2) is 42.5 Å². The van der Waals surface area contributed by atoms with Gasteiger partial charge >= 0.3 is 0 Å². The van der Waals surface area contributed by atoms with Crippen LogP contribution in [-0.2, 0) is 0 Å². The molecule has 96 valence electrons. The highest BCUT2D eigenvalue weighted by Crippen LogP contribution is 2.20. The third-order valence-electron chi connectivity index (χ3n) is 2.68. The van der Waals surface area contributed by atoms with E-state index < -0.39 is 5.91 Å². The van der Waals surface area contributed by atoms with E-state index in [1.54, 1.807) is 36.4 Å². The Morgan fingerprint density at radius 1 is 1.21 bits per heavy atom. The number of hydrogen-bond donors (Lipinski definition) is 2. The Bertz CT molecular complexity index is 635. The summed E-state index contributed by atoms with van der Waals surface area (Å²) in [5.74, 6) is -0.487. The van der Waals surface area contributed by atoms with Crippen LogP contribution in [0.1, 0.15) is 26.3 Å². The lowest BCUT2D eigenvalue weighted by Crippen LogP contribution is -2.12. The van der Waals surface area contributed by atoms with Gasteiger partial charge in [0.05, 0.1) is 5.56 Å². The van der Waals surface area contributed by atoms with Gasteiger partial charge in [0.1, 0.15) is 12.0 Å². The van der Waals surface area contributed by atoms with Crippen molar-refractivity contribution < 1.29 is 14.7 Å². The summed E-state index contributed by atoms with van der Waals surface area (Å²) in [6.45, 7) is 1.84. The van der Waals surface area contributed by atoms with Crippen molar-refractivity contribution in [3.63, 3.8) is 0 Å². The number of benzene rings is 2. The van der Waals surface area contributed by atoms with E-state index in [0.717, 1.165) is 5.56 Å². The van der Waals surface area contributed by atoms with Crippen LogP contribution in [0, 0.1) is 6.92 Å². The lowest BCUT2D eigenvalue weighted by atomic mass is 10.1. The zero-order valence-corrected chi connectivity index (χ0v) is 10.4. The summed E-state index contributed by atoms with van der Waals surface area (Å²) in [7, 11) is 0. The van der Waals surface area contributed by atoms with Gasteiger partial charge in [-0.1, -0.05) is 23.8 Å². The van der Waals surface area contributed by atoms with Crippen LogP contribution in [0.4, 0.5) is 5.69 Å². The predicted molar refractivity (Wildman–Crippen MR) is 72.6 cm³/mol. The second-order valence-corrected chi connectivity index (χ2v) is 4.22. The fourth-order valence-corrected chi connectivity index (χ4v) is 1.72. The van der Waals surface area contributed by atoms with Gasteiger partial charge in [-0.25, -0.2) is 0 Å². The molecule has 0 atom stereocenters.